The van der Waals surface area contributed by atoms with E-state index in [0.717, 1.165) is 22.6 Å². The standard InChI is InChI=1S/C19H19N3OS/c1-2-14(13-7-4-3-5-8-13)22-19(23)17-12-11-16(24-17)15-9-6-10-18(20)21-15/h3-12,14H,2H2,1H3,(H2,20,21)(H,22,23)/t14-/m0/s1. The quantitative estimate of drug-likeness (QED) is 0.730. The Labute approximate surface area is 145 Å². The molecule has 4 nitrogen and oxygen atoms in total. The van der Waals surface area contributed by atoms with Gasteiger partial charge in [0, 0.05) is 0 Å². The van der Waals surface area contributed by atoms with Crippen molar-refractivity contribution in [2.75, 3.05) is 5.73 Å². The Morgan fingerprint density at radius 2 is 1.92 bits per heavy atom. The number of carbonyl (C=O) groups is 1. The summed E-state index contributed by atoms with van der Waals surface area (Å²) in [5.41, 5.74) is 7.62. The average molecular weight is 337 g/mol. The van der Waals surface area contributed by atoms with E-state index >= 15 is 0 Å². The number of pyridine rings is 1. The molecule has 122 valence electrons. The van der Waals surface area contributed by atoms with E-state index < -0.39 is 0 Å². The number of benzene rings is 1. The van der Waals surface area contributed by atoms with Crippen LogP contribution >= 0.6 is 11.3 Å². The minimum Gasteiger partial charge on any atom is -0.384 e. The van der Waals surface area contributed by atoms with Crippen LogP contribution in [0, 0.1) is 0 Å². The topological polar surface area (TPSA) is 68.0 Å². The number of nitrogens with one attached hydrogen (secondary N) is 1. The van der Waals surface area contributed by atoms with Gasteiger partial charge in [-0.05, 0) is 36.2 Å². The summed E-state index contributed by atoms with van der Waals surface area (Å²) in [4.78, 5) is 18.5. The average Bonchev–Trinajstić information content (AvgIpc) is 3.10. The Hall–Kier alpha value is -2.66. The van der Waals surface area contributed by atoms with Crippen molar-refractivity contribution in [3.63, 3.8) is 0 Å². The third-order valence-electron chi connectivity index (χ3n) is 3.77. The molecular weight excluding hydrogens is 318 g/mol. The Bertz CT molecular complexity index is 829. The van der Waals surface area contributed by atoms with Crippen LogP contribution in [0.1, 0.15) is 34.6 Å². The first-order valence-corrected chi connectivity index (χ1v) is 8.67. The summed E-state index contributed by atoms with van der Waals surface area (Å²) in [6.45, 7) is 2.06. The van der Waals surface area contributed by atoms with Crippen molar-refractivity contribution < 1.29 is 4.79 Å². The zero-order valence-electron chi connectivity index (χ0n) is 13.4. The Kier molecular flexibility index (Phi) is 4.91. The van der Waals surface area contributed by atoms with E-state index in [1.54, 1.807) is 6.07 Å². The van der Waals surface area contributed by atoms with Gasteiger partial charge in [0.25, 0.3) is 5.91 Å². The molecule has 1 atom stereocenters. The summed E-state index contributed by atoms with van der Waals surface area (Å²) in [5.74, 6) is 0.410. The van der Waals surface area contributed by atoms with Crippen LogP contribution in [0.15, 0.2) is 60.7 Å². The zero-order valence-corrected chi connectivity index (χ0v) is 14.2. The highest BCUT2D eigenvalue weighted by Gasteiger charge is 2.16. The summed E-state index contributed by atoms with van der Waals surface area (Å²) in [5, 5.41) is 3.10. The molecule has 3 aromatic rings. The van der Waals surface area contributed by atoms with Crippen molar-refractivity contribution in [1.82, 2.24) is 10.3 Å². The van der Waals surface area contributed by atoms with Gasteiger partial charge in [0.2, 0.25) is 0 Å². The van der Waals surface area contributed by atoms with E-state index in [1.165, 1.54) is 11.3 Å². The highest BCUT2D eigenvalue weighted by molar-refractivity contribution is 7.17. The van der Waals surface area contributed by atoms with Gasteiger partial charge in [0.05, 0.1) is 21.5 Å². The maximum atomic E-state index is 12.6. The molecule has 1 amide bonds. The molecule has 0 fully saturated rings. The molecule has 0 saturated heterocycles. The van der Waals surface area contributed by atoms with Gasteiger partial charge >= 0.3 is 0 Å². The number of nitrogens with zero attached hydrogens (tertiary/aromatic N) is 1. The number of thiophene rings is 1. The van der Waals surface area contributed by atoms with E-state index in [0.29, 0.717) is 10.7 Å². The van der Waals surface area contributed by atoms with Crippen LogP contribution in [0.2, 0.25) is 0 Å². The number of hydrogen-bond donors (Lipinski definition) is 2. The molecule has 0 saturated carbocycles. The van der Waals surface area contributed by atoms with Crippen molar-refractivity contribution in [2.24, 2.45) is 0 Å². The maximum Gasteiger partial charge on any atom is 0.261 e. The summed E-state index contributed by atoms with van der Waals surface area (Å²) in [6, 6.07) is 19.3. The number of hydrogen-bond acceptors (Lipinski definition) is 4. The largest absolute Gasteiger partial charge is 0.384 e. The predicted octanol–water partition coefficient (Wildman–Crippen LogP) is 4.27. The Morgan fingerprint density at radius 1 is 1.12 bits per heavy atom. The fourth-order valence-electron chi connectivity index (χ4n) is 2.52. The number of anilines is 1. The number of nitrogen functional groups attached to an aromatic ring is 1. The molecule has 5 heteroatoms. The van der Waals surface area contributed by atoms with Crippen LogP contribution in [-0.2, 0) is 0 Å². The number of amides is 1. The minimum atomic E-state index is -0.0640. The molecule has 24 heavy (non-hydrogen) atoms. The zero-order chi connectivity index (χ0) is 16.9. The second kappa shape index (κ2) is 7.27. The van der Waals surface area contributed by atoms with Gasteiger partial charge in [0.15, 0.2) is 0 Å². The SMILES string of the molecule is CC[C@H](NC(=O)c1ccc(-c2cccc(N)n2)s1)c1ccccc1. The summed E-state index contributed by atoms with van der Waals surface area (Å²) in [7, 11) is 0. The fraction of sp³-hybridized carbons (Fsp3) is 0.158. The smallest absolute Gasteiger partial charge is 0.261 e. The molecule has 2 aromatic heterocycles. The highest BCUT2D eigenvalue weighted by Crippen LogP contribution is 2.28. The molecule has 0 bridgehead atoms. The van der Waals surface area contributed by atoms with Crippen molar-refractivity contribution in [3.05, 3.63) is 71.1 Å². The lowest BCUT2D eigenvalue weighted by Gasteiger charge is -2.16. The Balaban J connectivity index is 1.76. The van der Waals surface area contributed by atoms with Gasteiger partial charge in [-0.2, -0.15) is 0 Å². The van der Waals surface area contributed by atoms with Crippen molar-refractivity contribution in [1.29, 1.82) is 0 Å². The van der Waals surface area contributed by atoms with Crippen LogP contribution in [0.4, 0.5) is 5.82 Å². The van der Waals surface area contributed by atoms with E-state index in [2.05, 4.69) is 17.2 Å². The fourth-order valence-corrected chi connectivity index (χ4v) is 3.40. The normalized spacial score (nSPS) is 11.9. The first-order valence-electron chi connectivity index (χ1n) is 7.86. The van der Waals surface area contributed by atoms with Crippen molar-refractivity contribution >= 4 is 23.1 Å². The lowest BCUT2D eigenvalue weighted by Crippen LogP contribution is -2.27. The first-order chi connectivity index (χ1) is 11.7. The van der Waals surface area contributed by atoms with Gasteiger partial charge in [-0.1, -0.05) is 43.3 Å². The van der Waals surface area contributed by atoms with Gasteiger partial charge in [-0.15, -0.1) is 11.3 Å². The molecule has 1 aromatic carbocycles. The summed E-state index contributed by atoms with van der Waals surface area (Å²) in [6.07, 6.45) is 0.838. The monoisotopic (exact) mass is 337 g/mol. The number of rotatable bonds is 5. The van der Waals surface area contributed by atoms with Crippen LogP contribution in [0.25, 0.3) is 10.6 Å². The van der Waals surface area contributed by atoms with Crippen LogP contribution in [0.5, 0.6) is 0 Å². The van der Waals surface area contributed by atoms with Crippen molar-refractivity contribution in [3.8, 4) is 10.6 Å². The molecule has 0 radical (unpaired) electrons. The van der Waals surface area contributed by atoms with Gasteiger partial charge < -0.3 is 11.1 Å². The minimum absolute atomic E-state index is 0.00902. The summed E-state index contributed by atoms with van der Waals surface area (Å²) < 4.78 is 0. The number of aromatic nitrogens is 1. The second-order valence-corrected chi connectivity index (χ2v) is 6.54. The molecule has 0 unspecified atom stereocenters. The molecule has 3 N–H and O–H groups in total. The van der Waals surface area contributed by atoms with Gasteiger partial charge in [-0.3, -0.25) is 4.79 Å². The summed E-state index contributed by atoms with van der Waals surface area (Å²) >= 11 is 1.42. The van der Waals surface area contributed by atoms with E-state index in [9.17, 15) is 4.79 Å². The van der Waals surface area contributed by atoms with Gasteiger partial charge in [-0.25, -0.2) is 4.98 Å². The van der Waals surface area contributed by atoms with E-state index in [4.69, 9.17) is 5.73 Å². The van der Waals surface area contributed by atoms with Crippen LogP contribution in [0.3, 0.4) is 0 Å². The first kappa shape index (κ1) is 16.2. The van der Waals surface area contributed by atoms with E-state index in [-0.39, 0.29) is 11.9 Å². The van der Waals surface area contributed by atoms with Crippen molar-refractivity contribution in [2.45, 2.75) is 19.4 Å². The molecule has 0 aliphatic carbocycles. The predicted molar refractivity (Wildman–Crippen MR) is 98.9 cm³/mol. The van der Waals surface area contributed by atoms with E-state index in [1.807, 2.05) is 54.6 Å². The lowest BCUT2D eigenvalue weighted by atomic mass is 10.0. The molecular formula is C19H19N3OS. The lowest BCUT2D eigenvalue weighted by molar-refractivity contribution is 0.0939. The second-order valence-electron chi connectivity index (χ2n) is 5.46. The number of carbonyl (C=O) groups excluding carboxylic acids is 1. The molecule has 3 rings (SSSR count). The molecule has 0 aliphatic rings. The third-order valence-corrected chi connectivity index (χ3v) is 4.87. The van der Waals surface area contributed by atoms with Gasteiger partial charge in [0.1, 0.15) is 5.82 Å². The highest BCUT2D eigenvalue weighted by atomic mass is 32.1. The molecule has 2 heterocycles. The molecule has 0 aliphatic heterocycles. The Morgan fingerprint density at radius 3 is 2.62 bits per heavy atom. The third kappa shape index (κ3) is 3.63. The number of nitrogens with two attached hydrogens (primary N) is 1. The molecule has 0 spiro atoms. The van der Waals surface area contributed by atoms with Crippen LogP contribution < -0.4 is 11.1 Å². The van der Waals surface area contributed by atoms with Crippen LogP contribution in [-0.4, -0.2) is 10.9 Å². The maximum absolute atomic E-state index is 12.6.